The van der Waals surface area contributed by atoms with Gasteiger partial charge in [-0.2, -0.15) is 0 Å². The number of nitrogens with zero attached hydrogens (tertiary/aromatic N) is 1. The van der Waals surface area contributed by atoms with Crippen molar-refractivity contribution in [1.82, 2.24) is 10.2 Å². The van der Waals surface area contributed by atoms with E-state index in [1.807, 2.05) is 20.8 Å². The fourth-order valence-electron chi connectivity index (χ4n) is 2.20. The molecule has 0 saturated carbocycles. The minimum Gasteiger partial charge on any atom is -0.376 e. The number of nitrogens with two attached hydrogens (primary N) is 1. The van der Waals surface area contributed by atoms with E-state index in [-0.39, 0.29) is 12.0 Å². The molecule has 3 N–H and O–H groups in total. The third-order valence-electron chi connectivity index (χ3n) is 3.28. The van der Waals surface area contributed by atoms with Crippen LogP contribution in [0.25, 0.3) is 0 Å². The van der Waals surface area contributed by atoms with Gasteiger partial charge >= 0.3 is 6.03 Å². The number of primary amides is 1. The van der Waals surface area contributed by atoms with E-state index in [1.54, 1.807) is 11.9 Å². The molecule has 1 heterocycles. The number of nitrogens with one attached hydrogen (secondary N) is 1. The molecule has 1 rings (SSSR count). The highest BCUT2D eigenvalue weighted by molar-refractivity contribution is 5.87. The predicted molar refractivity (Wildman–Crippen MR) is 72.6 cm³/mol. The Labute approximate surface area is 114 Å². The average Bonchev–Trinajstić information content (AvgIpc) is 2.75. The first-order chi connectivity index (χ1) is 8.71. The Morgan fingerprint density at radius 3 is 2.53 bits per heavy atom. The van der Waals surface area contributed by atoms with Crippen LogP contribution >= 0.6 is 0 Å². The molecule has 2 atom stereocenters. The summed E-state index contributed by atoms with van der Waals surface area (Å²) in [4.78, 5) is 25.1. The maximum atomic E-state index is 12.4. The number of likely N-dealkylation sites (N-methyl/N-ethyl adjacent to an activating group) is 1. The first-order valence-corrected chi connectivity index (χ1v) is 6.64. The lowest BCUT2D eigenvalue weighted by atomic mass is 9.86. The van der Waals surface area contributed by atoms with E-state index in [1.165, 1.54) is 0 Å². The maximum Gasteiger partial charge on any atom is 0.312 e. The van der Waals surface area contributed by atoms with Gasteiger partial charge in [-0.3, -0.25) is 4.79 Å². The van der Waals surface area contributed by atoms with Crippen molar-refractivity contribution in [3.8, 4) is 0 Å². The second-order valence-electron chi connectivity index (χ2n) is 6.16. The minimum atomic E-state index is -0.682. The highest BCUT2D eigenvalue weighted by atomic mass is 16.5. The van der Waals surface area contributed by atoms with Gasteiger partial charge in [-0.05, 0) is 18.3 Å². The number of hydrogen-bond donors (Lipinski definition) is 2. The van der Waals surface area contributed by atoms with Gasteiger partial charge in [0.25, 0.3) is 0 Å². The lowest BCUT2D eigenvalue weighted by molar-refractivity contribution is -0.135. The Morgan fingerprint density at radius 1 is 1.47 bits per heavy atom. The molecule has 3 amide bonds. The molecule has 6 heteroatoms. The summed E-state index contributed by atoms with van der Waals surface area (Å²) in [7, 11) is 1.73. The van der Waals surface area contributed by atoms with Crippen LogP contribution in [-0.2, 0) is 9.53 Å². The highest BCUT2D eigenvalue weighted by Crippen LogP contribution is 2.21. The van der Waals surface area contributed by atoms with Gasteiger partial charge in [0.15, 0.2) is 0 Å². The summed E-state index contributed by atoms with van der Waals surface area (Å²) in [6.07, 6.45) is 2.11. The van der Waals surface area contributed by atoms with Crippen molar-refractivity contribution in [1.29, 1.82) is 0 Å². The quantitative estimate of drug-likeness (QED) is 0.789. The third-order valence-corrected chi connectivity index (χ3v) is 3.28. The molecule has 19 heavy (non-hydrogen) atoms. The van der Waals surface area contributed by atoms with E-state index in [0.717, 1.165) is 19.4 Å². The van der Waals surface area contributed by atoms with E-state index in [4.69, 9.17) is 10.5 Å². The number of rotatable bonds is 4. The van der Waals surface area contributed by atoms with Crippen LogP contribution in [-0.4, -0.2) is 49.2 Å². The summed E-state index contributed by atoms with van der Waals surface area (Å²) in [5.41, 5.74) is 4.75. The lowest BCUT2D eigenvalue weighted by Crippen LogP contribution is -2.56. The monoisotopic (exact) mass is 271 g/mol. The van der Waals surface area contributed by atoms with Crippen molar-refractivity contribution < 1.29 is 14.3 Å². The molecule has 0 aromatic rings. The van der Waals surface area contributed by atoms with Crippen LogP contribution in [0.2, 0.25) is 0 Å². The molecule has 0 radical (unpaired) electrons. The van der Waals surface area contributed by atoms with E-state index in [2.05, 4.69) is 5.32 Å². The summed E-state index contributed by atoms with van der Waals surface area (Å²) in [6, 6.07) is -1.31. The standard InChI is InChI=1S/C13H25N3O3/c1-13(2,3)10(15-12(14)18)11(17)16(4)8-9-6-5-7-19-9/h9-10H,5-8H2,1-4H3,(H3,14,15,18)/t9-,10+/m1/s1. The van der Waals surface area contributed by atoms with Crippen LogP contribution in [0.5, 0.6) is 0 Å². The Bertz CT molecular complexity index is 333. The molecule has 1 aliphatic heterocycles. The largest absolute Gasteiger partial charge is 0.376 e. The summed E-state index contributed by atoms with van der Waals surface area (Å²) in [6.45, 7) is 6.99. The topological polar surface area (TPSA) is 84.7 Å². The summed E-state index contributed by atoms with van der Waals surface area (Å²) >= 11 is 0. The molecule has 0 aliphatic carbocycles. The zero-order chi connectivity index (χ0) is 14.6. The zero-order valence-corrected chi connectivity index (χ0v) is 12.2. The lowest BCUT2D eigenvalue weighted by Gasteiger charge is -2.33. The van der Waals surface area contributed by atoms with E-state index < -0.39 is 17.5 Å². The Balaban J connectivity index is 2.66. The van der Waals surface area contributed by atoms with Gasteiger partial charge in [-0.1, -0.05) is 20.8 Å². The summed E-state index contributed by atoms with van der Waals surface area (Å²) in [5.74, 6) is -0.137. The van der Waals surface area contributed by atoms with Crippen molar-refractivity contribution in [2.45, 2.75) is 45.8 Å². The number of hydrogen-bond acceptors (Lipinski definition) is 3. The normalized spacial score (nSPS) is 20.9. The molecule has 0 unspecified atom stereocenters. The molecule has 1 fully saturated rings. The molecular weight excluding hydrogens is 246 g/mol. The van der Waals surface area contributed by atoms with Crippen LogP contribution < -0.4 is 11.1 Å². The van der Waals surface area contributed by atoms with Crippen LogP contribution in [0.3, 0.4) is 0 Å². The van der Waals surface area contributed by atoms with Crippen LogP contribution in [0.1, 0.15) is 33.6 Å². The van der Waals surface area contributed by atoms with E-state index >= 15 is 0 Å². The van der Waals surface area contributed by atoms with Gasteiger partial charge in [-0.15, -0.1) is 0 Å². The Kier molecular flexibility index (Phi) is 5.17. The van der Waals surface area contributed by atoms with Crippen molar-refractivity contribution in [3.63, 3.8) is 0 Å². The summed E-state index contributed by atoms with van der Waals surface area (Å²) < 4.78 is 5.51. The van der Waals surface area contributed by atoms with Gasteiger partial charge in [0, 0.05) is 20.2 Å². The average molecular weight is 271 g/mol. The molecular formula is C13H25N3O3. The molecule has 0 bridgehead atoms. The second-order valence-corrected chi connectivity index (χ2v) is 6.16. The van der Waals surface area contributed by atoms with Gasteiger partial charge < -0.3 is 20.7 Å². The SMILES string of the molecule is CN(C[C@H]1CCCO1)C(=O)[C@H](NC(N)=O)C(C)(C)C. The number of ether oxygens (including phenoxy) is 1. The van der Waals surface area contributed by atoms with E-state index in [9.17, 15) is 9.59 Å². The number of carbonyl (C=O) groups is 2. The molecule has 0 spiro atoms. The van der Waals surface area contributed by atoms with Crippen molar-refractivity contribution in [2.24, 2.45) is 11.1 Å². The van der Waals surface area contributed by atoms with Gasteiger partial charge in [0.1, 0.15) is 6.04 Å². The van der Waals surface area contributed by atoms with Crippen LogP contribution in [0, 0.1) is 5.41 Å². The molecule has 6 nitrogen and oxygen atoms in total. The fourth-order valence-corrected chi connectivity index (χ4v) is 2.20. The van der Waals surface area contributed by atoms with Gasteiger partial charge in [-0.25, -0.2) is 4.79 Å². The first-order valence-electron chi connectivity index (χ1n) is 6.64. The Morgan fingerprint density at radius 2 is 2.11 bits per heavy atom. The maximum absolute atomic E-state index is 12.4. The number of amides is 3. The zero-order valence-electron chi connectivity index (χ0n) is 12.2. The van der Waals surface area contributed by atoms with Crippen molar-refractivity contribution in [3.05, 3.63) is 0 Å². The van der Waals surface area contributed by atoms with Crippen molar-refractivity contribution >= 4 is 11.9 Å². The molecule has 0 aromatic heterocycles. The second kappa shape index (κ2) is 6.23. The Hall–Kier alpha value is -1.30. The number of carbonyl (C=O) groups excluding carboxylic acids is 2. The highest BCUT2D eigenvalue weighted by Gasteiger charge is 2.35. The summed E-state index contributed by atoms with van der Waals surface area (Å²) in [5, 5.41) is 2.53. The number of urea groups is 1. The van der Waals surface area contributed by atoms with Gasteiger partial charge in [0.2, 0.25) is 5.91 Å². The van der Waals surface area contributed by atoms with Gasteiger partial charge in [0.05, 0.1) is 6.10 Å². The smallest absolute Gasteiger partial charge is 0.312 e. The van der Waals surface area contributed by atoms with Crippen LogP contribution in [0.4, 0.5) is 4.79 Å². The first kappa shape index (κ1) is 15.8. The molecule has 1 saturated heterocycles. The fraction of sp³-hybridized carbons (Fsp3) is 0.846. The van der Waals surface area contributed by atoms with E-state index in [0.29, 0.717) is 6.54 Å². The molecule has 110 valence electrons. The third kappa shape index (κ3) is 4.70. The molecule has 1 aliphatic rings. The molecule has 0 aromatic carbocycles. The van der Waals surface area contributed by atoms with Crippen molar-refractivity contribution in [2.75, 3.05) is 20.2 Å². The van der Waals surface area contributed by atoms with Crippen LogP contribution in [0.15, 0.2) is 0 Å². The predicted octanol–water partition coefficient (Wildman–Crippen LogP) is 0.707. The minimum absolute atomic E-state index is 0.100.